The van der Waals surface area contributed by atoms with Gasteiger partial charge in [0, 0.05) is 18.2 Å². The number of thiophene rings is 1. The largest absolute Gasteiger partial charge is 0.402 e. The Bertz CT molecular complexity index is 949. The number of hydrogen-bond donors (Lipinski definition) is 1. The van der Waals surface area contributed by atoms with Crippen LogP contribution in [0.3, 0.4) is 0 Å². The minimum absolute atomic E-state index is 0.0197. The number of carbonyl (C=O) groups excluding carboxylic acids is 1. The quantitative estimate of drug-likeness (QED) is 0.409. The molecule has 0 atom stereocenters. The van der Waals surface area contributed by atoms with Crippen LogP contribution in [0.5, 0.6) is 0 Å². The third-order valence-corrected chi connectivity index (χ3v) is 4.19. The van der Waals surface area contributed by atoms with E-state index in [0.717, 1.165) is 0 Å². The van der Waals surface area contributed by atoms with Gasteiger partial charge in [0.2, 0.25) is 0 Å². The minimum atomic E-state index is -0.492. The zero-order valence-electron chi connectivity index (χ0n) is 12.4. The van der Waals surface area contributed by atoms with E-state index < -0.39 is 10.8 Å². The normalized spacial score (nSPS) is 10.9. The van der Waals surface area contributed by atoms with Crippen molar-refractivity contribution in [1.29, 1.82) is 0 Å². The predicted octanol–water partition coefficient (Wildman–Crippen LogP) is 4.01. The van der Waals surface area contributed by atoms with Gasteiger partial charge in [0.05, 0.1) is 14.1 Å². The average Bonchev–Trinajstić information content (AvgIpc) is 3.22. The van der Waals surface area contributed by atoms with Crippen LogP contribution in [0.1, 0.15) is 5.56 Å². The maximum absolute atomic E-state index is 11.9. The molecule has 126 valence electrons. The van der Waals surface area contributed by atoms with E-state index in [1.54, 1.807) is 12.1 Å². The Kier molecular flexibility index (Phi) is 4.87. The van der Waals surface area contributed by atoms with Gasteiger partial charge in [-0.1, -0.05) is 16.7 Å². The molecule has 0 unspecified atom stereocenters. The number of benzene rings is 1. The van der Waals surface area contributed by atoms with Crippen molar-refractivity contribution in [1.82, 2.24) is 10.2 Å². The predicted molar refractivity (Wildman–Crippen MR) is 93.4 cm³/mol. The Morgan fingerprint density at radius 3 is 2.64 bits per heavy atom. The Hall–Kier alpha value is -3.04. The number of carbonyl (C=O) groups is 1. The number of nitrogens with zero attached hydrogens (tertiary/aromatic N) is 3. The molecule has 0 aliphatic heterocycles. The summed E-state index contributed by atoms with van der Waals surface area (Å²) in [7, 11) is 0. The van der Waals surface area contributed by atoms with Crippen LogP contribution >= 0.6 is 22.9 Å². The van der Waals surface area contributed by atoms with Crippen LogP contribution in [0.25, 0.3) is 16.8 Å². The number of aromatic nitrogens is 2. The van der Waals surface area contributed by atoms with Crippen molar-refractivity contribution in [3.05, 3.63) is 62.5 Å². The molecule has 0 spiro atoms. The monoisotopic (exact) mass is 376 g/mol. The molecule has 0 saturated carbocycles. The number of non-ortho nitro benzene ring substituents is 1. The fraction of sp³-hybridized carbons (Fsp3) is 0. The van der Waals surface area contributed by atoms with Crippen molar-refractivity contribution in [3.63, 3.8) is 0 Å². The zero-order valence-corrected chi connectivity index (χ0v) is 14.0. The Morgan fingerprint density at radius 2 is 2.00 bits per heavy atom. The summed E-state index contributed by atoms with van der Waals surface area (Å²) in [5.41, 5.74) is 0.619. The number of amides is 1. The number of anilines is 1. The molecule has 0 aliphatic carbocycles. The second-order valence-electron chi connectivity index (χ2n) is 4.69. The molecule has 3 rings (SSSR count). The molecule has 0 bridgehead atoms. The van der Waals surface area contributed by atoms with E-state index in [2.05, 4.69) is 15.5 Å². The van der Waals surface area contributed by atoms with E-state index in [4.69, 9.17) is 16.0 Å². The third kappa shape index (κ3) is 4.28. The lowest BCUT2D eigenvalue weighted by Gasteiger charge is -1.95. The summed E-state index contributed by atoms with van der Waals surface area (Å²) in [5.74, 6) is -0.218. The summed E-state index contributed by atoms with van der Waals surface area (Å²) in [5, 5.41) is 20.6. The number of hydrogen-bond acceptors (Lipinski definition) is 7. The Morgan fingerprint density at radius 1 is 1.24 bits per heavy atom. The lowest BCUT2D eigenvalue weighted by molar-refractivity contribution is -0.384. The summed E-state index contributed by atoms with van der Waals surface area (Å²) in [6, 6.07) is 9.18. The van der Waals surface area contributed by atoms with Gasteiger partial charge in [0.25, 0.3) is 17.5 Å². The average molecular weight is 377 g/mol. The molecular formula is C15H9ClN4O4S. The van der Waals surface area contributed by atoms with E-state index in [9.17, 15) is 14.9 Å². The van der Waals surface area contributed by atoms with Gasteiger partial charge in [0.15, 0.2) is 0 Å². The number of rotatable bonds is 5. The highest BCUT2D eigenvalue weighted by Gasteiger charge is 2.12. The number of nitrogens with one attached hydrogen (secondary N) is 1. The Balaban J connectivity index is 1.62. The highest BCUT2D eigenvalue weighted by molar-refractivity contribution is 7.19. The van der Waals surface area contributed by atoms with E-state index in [1.807, 2.05) is 0 Å². The molecule has 8 nitrogen and oxygen atoms in total. The second kappa shape index (κ2) is 7.24. The molecular weight excluding hydrogens is 368 g/mol. The first-order chi connectivity index (χ1) is 12.0. The van der Waals surface area contributed by atoms with Crippen LogP contribution in [-0.2, 0) is 4.79 Å². The SMILES string of the molecule is O=C(C=Cc1ccc([N+](=O)[O-])cc1)Nc1nnc(-c2ccc(Cl)s2)o1. The Labute approximate surface area is 149 Å². The summed E-state index contributed by atoms with van der Waals surface area (Å²) in [6.07, 6.45) is 2.77. The van der Waals surface area contributed by atoms with E-state index in [-0.39, 0.29) is 17.6 Å². The van der Waals surface area contributed by atoms with E-state index >= 15 is 0 Å². The molecule has 1 aromatic carbocycles. The maximum atomic E-state index is 11.9. The van der Waals surface area contributed by atoms with Gasteiger partial charge < -0.3 is 4.42 Å². The molecule has 2 heterocycles. The molecule has 0 fully saturated rings. The smallest absolute Gasteiger partial charge is 0.322 e. The molecule has 3 aromatic rings. The van der Waals surface area contributed by atoms with E-state index in [1.165, 1.54) is 47.8 Å². The lowest BCUT2D eigenvalue weighted by atomic mass is 10.2. The first kappa shape index (κ1) is 16.8. The van der Waals surface area contributed by atoms with Crippen LogP contribution in [-0.4, -0.2) is 21.0 Å². The summed E-state index contributed by atoms with van der Waals surface area (Å²) < 4.78 is 5.92. The van der Waals surface area contributed by atoms with Crippen LogP contribution in [0, 0.1) is 10.1 Å². The van der Waals surface area contributed by atoms with Crippen LogP contribution < -0.4 is 5.32 Å². The number of nitro groups is 1. The first-order valence-electron chi connectivity index (χ1n) is 6.84. The lowest BCUT2D eigenvalue weighted by Crippen LogP contribution is -2.07. The maximum Gasteiger partial charge on any atom is 0.322 e. The first-order valence-corrected chi connectivity index (χ1v) is 8.03. The van der Waals surface area contributed by atoms with Gasteiger partial charge in [-0.15, -0.1) is 16.4 Å². The van der Waals surface area contributed by atoms with Crippen molar-refractivity contribution >= 4 is 46.6 Å². The topological polar surface area (TPSA) is 111 Å². The fourth-order valence-corrected chi connectivity index (χ4v) is 2.79. The van der Waals surface area contributed by atoms with Gasteiger partial charge in [-0.05, 0) is 35.9 Å². The van der Waals surface area contributed by atoms with Crippen molar-refractivity contribution in [3.8, 4) is 10.8 Å². The van der Waals surface area contributed by atoms with Gasteiger partial charge in [-0.25, -0.2) is 0 Å². The molecule has 10 heteroatoms. The van der Waals surface area contributed by atoms with Crippen molar-refractivity contribution in [2.45, 2.75) is 0 Å². The molecule has 25 heavy (non-hydrogen) atoms. The molecule has 2 aromatic heterocycles. The van der Waals surface area contributed by atoms with Crippen molar-refractivity contribution < 1.29 is 14.1 Å². The molecule has 1 N–H and O–H groups in total. The van der Waals surface area contributed by atoms with Crippen molar-refractivity contribution in [2.75, 3.05) is 5.32 Å². The zero-order chi connectivity index (χ0) is 17.8. The highest BCUT2D eigenvalue weighted by atomic mass is 35.5. The van der Waals surface area contributed by atoms with Crippen LogP contribution in [0.15, 0.2) is 46.9 Å². The summed E-state index contributed by atoms with van der Waals surface area (Å²) in [6.45, 7) is 0. The summed E-state index contributed by atoms with van der Waals surface area (Å²) in [4.78, 5) is 22.6. The fourth-order valence-electron chi connectivity index (χ4n) is 1.83. The van der Waals surface area contributed by atoms with Gasteiger partial charge in [-0.3, -0.25) is 20.2 Å². The summed E-state index contributed by atoms with van der Waals surface area (Å²) >= 11 is 7.12. The molecule has 0 saturated heterocycles. The van der Waals surface area contributed by atoms with Gasteiger partial charge in [0.1, 0.15) is 0 Å². The second-order valence-corrected chi connectivity index (χ2v) is 6.40. The van der Waals surface area contributed by atoms with Crippen LogP contribution in [0.2, 0.25) is 4.34 Å². The standard InChI is InChI=1S/C15H9ClN4O4S/c16-12-7-6-11(25-12)14-18-19-15(24-14)17-13(21)8-3-9-1-4-10(5-2-9)20(22)23/h1-8H,(H,17,19,21). The number of nitro benzene ring substituents is 1. The molecule has 0 aliphatic rings. The molecule has 1 amide bonds. The van der Waals surface area contributed by atoms with Gasteiger partial charge >= 0.3 is 6.01 Å². The minimum Gasteiger partial charge on any atom is -0.402 e. The highest BCUT2D eigenvalue weighted by Crippen LogP contribution is 2.30. The van der Waals surface area contributed by atoms with Crippen LogP contribution in [0.4, 0.5) is 11.7 Å². The molecule has 0 radical (unpaired) electrons. The van der Waals surface area contributed by atoms with Gasteiger partial charge in [-0.2, -0.15) is 0 Å². The van der Waals surface area contributed by atoms with Crippen molar-refractivity contribution in [2.24, 2.45) is 0 Å². The van der Waals surface area contributed by atoms with E-state index in [0.29, 0.717) is 14.8 Å². The third-order valence-electron chi connectivity index (χ3n) is 2.97. The number of halogens is 1.